The van der Waals surface area contributed by atoms with Crippen molar-refractivity contribution in [2.45, 2.75) is 37.6 Å². The van der Waals surface area contributed by atoms with Crippen LogP contribution in [0.1, 0.15) is 32.1 Å². The normalized spacial score (nSPS) is 29.7. The first-order valence-corrected chi connectivity index (χ1v) is 12.1. The van der Waals surface area contributed by atoms with Crippen molar-refractivity contribution in [3.05, 3.63) is 30.3 Å². The molecule has 3 amide bonds. The van der Waals surface area contributed by atoms with Gasteiger partial charge in [-0.3, -0.25) is 14.8 Å². The highest BCUT2D eigenvalue weighted by molar-refractivity contribution is 5.87. The molecule has 186 valence electrons. The minimum atomic E-state index is -1.08. The van der Waals surface area contributed by atoms with E-state index >= 15 is 0 Å². The van der Waals surface area contributed by atoms with Crippen molar-refractivity contribution in [3.63, 3.8) is 0 Å². The largest absolute Gasteiger partial charge is 0.465 e. The van der Waals surface area contributed by atoms with Crippen LogP contribution in [0.3, 0.4) is 0 Å². The van der Waals surface area contributed by atoms with E-state index in [0.717, 1.165) is 5.69 Å². The molecule has 0 spiro atoms. The second kappa shape index (κ2) is 10.2. The van der Waals surface area contributed by atoms with Gasteiger partial charge in [0.1, 0.15) is 0 Å². The summed E-state index contributed by atoms with van der Waals surface area (Å²) in [5, 5.41) is 29.3. The molecule has 0 unspecified atom stereocenters. The molecule has 4 atom stereocenters. The Bertz CT molecular complexity index is 891. The Kier molecular flexibility index (Phi) is 7.27. The van der Waals surface area contributed by atoms with Crippen LogP contribution >= 0.6 is 0 Å². The number of para-hydroxylation sites is 1. The molecule has 34 heavy (non-hydrogen) atoms. The van der Waals surface area contributed by atoms with Crippen LogP contribution in [0.25, 0.3) is 0 Å². The molecule has 0 aromatic heterocycles. The average Bonchev–Trinajstić information content (AvgIpc) is 3.34. The number of aliphatic hydroxyl groups excluding tert-OH is 1. The number of carboxylic acid groups (broad SMARTS) is 1. The zero-order valence-corrected chi connectivity index (χ0v) is 19.3. The summed E-state index contributed by atoms with van der Waals surface area (Å²) < 4.78 is 0. The smallest absolute Gasteiger partial charge is 0.407 e. The van der Waals surface area contributed by atoms with E-state index in [1.807, 2.05) is 30.3 Å². The van der Waals surface area contributed by atoms with Crippen molar-refractivity contribution in [2.75, 3.05) is 44.2 Å². The average molecular weight is 475 g/mol. The van der Waals surface area contributed by atoms with Crippen LogP contribution in [0.4, 0.5) is 10.5 Å². The maximum Gasteiger partial charge on any atom is 0.407 e. The molecule has 0 radical (unpaired) electrons. The van der Waals surface area contributed by atoms with E-state index < -0.39 is 29.4 Å². The van der Waals surface area contributed by atoms with E-state index in [1.165, 1.54) is 4.90 Å². The topological polar surface area (TPSA) is 134 Å². The Morgan fingerprint density at radius 1 is 1.00 bits per heavy atom. The quantitative estimate of drug-likeness (QED) is 0.374. The van der Waals surface area contributed by atoms with Crippen LogP contribution < -0.4 is 10.4 Å². The number of anilines is 1. The molecule has 10 heteroatoms. The third-order valence-corrected chi connectivity index (χ3v) is 8.12. The number of piperazine rings is 1. The Hall–Kier alpha value is -2.85. The number of hydroxylamine groups is 1. The van der Waals surface area contributed by atoms with Crippen molar-refractivity contribution >= 4 is 23.6 Å². The Labute approximate surface area is 199 Å². The number of rotatable bonds is 5. The molecule has 1 aliphatic carbocycles. The SMILES string of the molecule is O=C(NO)[C@H]1C[C@H]([C@@]2(CO)CCCN2C(=O)O)CC[C@@H]1C(=O)N1CCN(c2ccccc2)CC1. The van der Waals surface area contributed by atoms with Gasteiger partial charge >= 0.3 is 6.09 Å². The van der Waals surface area contributed by atoms with Crippen molar-refractivity contribution < 1.29 is 29.8 Å². The molecular weight excluding hydrogens is 440 g/mol. The predicted octanol–water partition coefficient (Wildman–Crippen LogP) is 1.38. The molecule has 2 saturated heterocycles. The van der Waals surface area contributed by atoms with Crippen LogP contribution in [-0.4, -0.2) is 88.0 Å². The fourth-order valence-corrected chi connectivity index (χ4v) is 6.29. The highest BCUT2D eigenvalue weighted by Crippen LogP contribution is 2.46. The van der Waals surface area contributed by atoms with Crippen LogP contribution in [0.2, 0.25) is 0 Å². The van der Waals surface area contributed by atoms with Crippen molar-refractivity contribution in [3.8, 4) is 0 Å². The number of hydrogen-bond acceptors (Lipinski definition) is 6. The summed E-state index contributed by atoms with van der Waals surface area (Å²) in [6.45, 7) is 2.52. The number of carbonyl (C=O) groups is 3. The van der Waals surface area contributed by atoms with Gasteiger partial charge < -0.3 is 24.9 Å². The second-order valence-corrected chi connectivity index (χ2v) is 9.65. The van der Waals surface area contributed by atoms with Gasteiger partial charge in [0.25, 0.3) is 0 Å². The third kappa shape index (κ3) is 4.44. The summed E-state index contributed by atoms with van der Waals surface area (Å²) in [6.07, 6.45) is 1.29. The van der Waals surface area contributed by atoms with E-state index in [2.05, 4.69) is 4.90 Å². The molecule has 1 saturated carbocycles. The third-order valence-electron chi connectivity index (χ3n) is 8.12. The van der Waals surface area contributed by atoms with E-state index in [0.29, 0.717) is 58.4 Å². The van der Waals surface area contributed by atoms with Crippen LogP contribution in [0.15, 0.2) is 30.3 Å². The van der Waals surface area contributed by atoms with Gasteiger partial charge in [-0.05, 0) is 50.2 Å². The zero-order valence-electron chi connectivity index (χ0n) is 19.3. The van der Waals surface area contributed by atoms with Crippen molar-refractivity contribution in [2.24, 2.45) is 17.8 Å². The van der Waals surface area contributed by atoms with E-state index in [9.17, 15) is 29.8 Å². The lowest BCUT2D eigenvalue weighted by molar-refractivity contribution is -0.149. The molecule has 3 fully saturated rings. The number of nitrogens with one attached hydrogen (secondary N) is 1. The minimum Gasteiger partial charge on any atom is -0.465 e. The van der Waals surface area contributed by atoms with Crippen molar-refractivity contribution in [1.29, 1.82) is 0 Å². The molecule has 1 aromatic rings. The molecule has 10 nitrogen and oxygen atoms in total. The first kappa shape index (κ1) is 24.3. The number of hydrogen-bond donors (Lipinski definition) is 4. The van der Waals surface area contributed by atoms with Gasteiger partial charge in [-0.1, -0.05) is 18.2 Å². The number of amides is 3. The molecule has 4 N–H and O–H groups in total. The molecule has 4 rings (SSSR count). The molecule has 0 bridgehead atoms. The first-order valence-electron chi connectivity index (χ1n) is 12.1. The van der Waals surface area contributed by atoms with Gasteiger partial charge in [0, 0.05) is 44.3 Å². The summed E-state index contributed by atoms with van der Waals surface area (Å²) in [5.41, 5.74) is 1.88. The van der Waals surface area contributed by atoms with Gasteiger partial charge in [0.15, 0.2) is 0 Å². The molecular formula is C24H34N4O6. The van der Waals surface area contributed by atoms with Gasteiger partial charge in [-0.15, -0.1) is 0 Å². The lowest BCUT2D eigenvalue weighted by Gasteiger charge is -2.47. The monoisotopic (exact) mass is 474 g/mol. The van der Waals surface area contributed by atoms with E-state index in [1.54, 1.807) is 10.4 Å². The summed E-state index contributed by atoms with van der Waals surface area (Å²) in [6, 6.07) is 10.0. The Morgan fingerprint density at radius 3 is 2.32 bits per heavy atom. The van der Waals surface area contributed by atoms with Crippen LogP contribution in [0.5, 0.6) is 0 Å². The molecule has 2 heterocycles. The van der Waals surface area contributed by atoms with Gasteiger partial charge in [0.05, 0.1) is 18.1 Å². The highest BCUT2D eigenvalue weighted by Gasteiger charge is 2.53. The number of benzene rings is 1. The maximum atomic E-state index is 13.5. The first-order chi connectivity index (χ1) is 16.4. The lowest BCUT2D eigenvalue weighted by atomic mass is 9.65. The van der Waals surface area contributed by atoms with Gasteiger partial charge in [-0.2, -0.15) is 0 Å². The molecule has 2 aliphatic heterocycles. The minimum absolute atomic E-state index is 0.0978. The van der Waals surface area contributed by atoms with Gasteiger partial charge in [-0.25, -0.2) is 10.3 Å². The molecule has 1 aromatic carbocycles. The summed E-state index contributed by atoms with van der Waals surface area (Å²) in [5.74, 6) is -2.35. The molecule has 3 aliphatic rings. The predicted molar refractivity (Wildman–Crippen MR) is 123 cm³/mol. The number of carbonyl (C=O) groups excluding carboxylic acids is 2. The summed E-state index contributed by atoms with van der Waals surface area (Å²) in [4.78, 5) is 43.3. The fourth-order valence-electron chi connectivity index (χ4n) is 6.29. The maximum absolute atomic E-state index is 13.5. The lowest BCUT2D eigenvalue weighted by Crippen LogP contribution is -2.58. The number of nitrogens with zero attached hydrogens (tertiary/aromatic N) is 3. The summed E-state index contributed by atoms with van der Waals surface area (Å²) >= 11 is 0. The van der Waals surface area contributed by atoms with Gasteiger partial charge in [0.2, 0.25) is 11.8 Å². The fraction of sp³-hybridized carbons (Fsp3) is 0.625. The zero-order chi connectivity index (χ0) is 24.3. The highest BCUT2D eigenvalue weighted by atomic mass is 16.5. The number of aliphatic hydroxyl groups is 1. The Morgan fingerprint density at radius 2 is 1.71 bits per heavy atom. The van der Waals surface area contributed by atoms with E-state index in [4.69, 9.17) is 0 Å². The number of likely N-dealkylation sites (tertiary alicyclic amines) is 1. The second-order valence-electron chi connectivity index (χ2n) is 9.65. The summed E-state index contributed by atoms with van der Waals surface area (Å²) in [7, 11) is 0. The van der Waals surface area contributed by atoms with Crippen LogP contribution in [-0.2, 0) is 9.59 Å². The standard InChI is InChI=1S/C24H34N4O6/c29-16-24(9-4-10-28(24)23(32)33)17-7-8-19(20(15-17)21(30)25-34)22(31)27-13-11-26(12-14-27)18-5-2-1-3-6-18/h1-3,5-6,17,19-20,29,34H,4,7-16H2,(H,25,30)(H,32,33)/t17-,19+,20+,24+/m1/s1. The van der Waals surface area contributed by atoms with Crippen LogP contribution in [0, 0.1) is 17.8 Å². The Balaban J connectivity index is 1.46. The van der Waals surface area contributed by atoms with E-state index in [-0.39, 0.29) is 24.9 Å². The van der Waals surface area contributed by atoms with Crippen molar-refractivity contribution in [1.82, 2.24) is 15.3 Å².